The SMILES string of the molecule is Cc1nc(C)nc(-c2ccc3c4ccccc4n(-c4ccc(-c5nc(-c6ccccc6)cc(-c6ccccc6)n5)cc4-c4nc(-c5ccccc5)nc(-c5ccccc5)n4)c3c2)n1. The van der Waals surface area contributed by atoms with E-state index in [1.165, 1.54) is 0 Å². The highest BCUT2D eigenvalue weighted by atomic mass is 15.1. The largest absolute Gasteiger partial charge is 0.308 e. The standard InChI is InChI=1S/C54H37N9/c1-34-55-35(2)57-52(56-34)41-27-29-43-42-25-15-16-26-47(42)63(49(43)32-41)48-30-28-40(53-58-45(36-17-7-3-8-18-36)33-46(59-53)37-19-9-4-10-20-37)31-44(48)54-61-50(38-21-11-5-12-22-38)60-51(62-54)39-23-13-6-14-24-39/h3-33H,1-2H3. The number of para-hydroxylation sites is 1. The number of benzene rings is 7. The summed E-state index contributed by atoms with van der Waals surface area (Å²) in [6.07, 6.45) is 0. The van der Waals surface area contributed by atoms with Gasteiger partial charge >= 0.3 is 0 Å². The number of nitrogens with zero attached hydrogens (tertiary/aromatic N) is 9. The van der Waals surface area contributed by atoms with Crippen LogP contribution in [0, 0.1) is 13.8 Å². The molecule has 0 aliphatic heterocycles. The highest BCUT2D eigenvalue weighted by molar-refractivity contribution is 6.10. The van der Waals surface area contributed by atoms with Crippen LogP contribution in [0.1, 0.15) is 11.6 Å². The second kappa shape index (κ2) is 15.8. The molecule has 0 saturated heterocycles. The van der Waals surface area contributed by atoms with Gasteiger partial charge in [0.1, 0.15) is 11.6 Å². The van der Waals surface area contributed by atoms with Gasteiger partial charge in [-0.05, 0) is 50.2 Å². The minimum atomic E-state index is 0.507. The van der Waals surface area contributed by atoms with Crippen molar-refractivity contribution in [2.45, 2.75) is 13.8 Å². The van der Waals surface area contributed by atoms with Crippen LogP contribution in [-0.4, -0.2) is 44.4 Å². The number of hydrogen-bond acceptors (Lipinski definition) is 8. The van der Waals surface area contributed by atoms with Crippen LogP contribution in [0.15, 0.2) is 188 Å². The molecule has 0 atom stereocenters. The summed E-state index contributed by atoms with van der Waals surface area (Å²) in [7, 11) is 0. The van der Waals surface area contributed by atoms with Crippen molar-refractivity contribution >= 4 is 21.8 Å². The molecule has 0 spiro atoms. The van der Waals surface area contributed by atoms with Gasteiger partial charge in [-0.25, -0.2) is 39.9 Å². The smallest absolute Gasteiger partial charge is 0.166 e. The van der Waals surface area contributed by atoms with Gasteiger partial charge < -0.3 is 4.57 Å². The molecular formula is C54H37N9. The van der Waals surface area contributed by atoms with Gasteiger partial charge in [0.25, 0.3) is 0 Å². The third-order valence-electron chi connectivity index (χ3n) is 11.1. The average Bonchev–Trinajstić information content (AvgIpc) is 3.68. The lowest BCUT2D eigenvalue weighted by Crippen LogP contribution is -2.05. The average molecular weight is 812 g/mol. The van der Waals surface area contributed by atoms with Crippen LogP contribution in [0.2, 0.25) is 0 Å². The molecular weight excluding hydrogens is 775 g/mol. The summed E-state index contributed by atoms with van der Waals surface area (Å²) in [6, 6.07) is 63.8. The molecule has 0 N–H and O–H groups in total. The van der Waals surface area contributed by atoms with Crippen LogP contribution in [0.25, 0.3) is 107 Å². The molecule has 0 aliphatic rings. The van der Waals surface area contributed by atoms with E-state index >= 15 is 0 Å². The lowest BCUT2D eigenvalue weighted by atomic mass is 10.0. The first kappa shape index (κ1) is 37.4. The molecule has 298 valence electrons. The molecule has 63 heavy (non-hydrogen) atoms. The van der Waals surface area contributed by atoms with E-state index in [-0.39, 0.29) is 0 Å². The molecule has 0 bridgehead atoms. The topological polar surface area (TPSA) is 108 Å². The maximum atomic E-state index is 5.28. The zero-order valence-corrected chi connectivity index (χ0v) is 34.4. The Labute approximate surface area is 363 Å². The minimum absolute atomic E-state index is 0.507. The zero-order valence-electron chi connectivity index (χ0n) is 34.4. The molecule has 0 unspecified atom stereocenters. The number of hydrogen-bond donors (Lipinski definition) is 0. The lowest BCUT2D eigenvalue weighted by Gasteiger charge is -2.17. The van der Waals surface area contributed by atoms with E-state index in [0.717, 1.165) is 77.8 Å². The predicted molar refractivity (Wildman–Crippen MR) is 251 cm³/mol. The van der Waals surface area contributed by atoms with Crippen molar-refractivity contribution < 1.29 is 0 Å². The molecule has 11 rings (SSSR count). The molecule has 9 heteroatoms. The lowest BCUT2D eigenvalue weighted by molar-refractivity contribution is 0.928. The number of rotatable bonds is 8. The van der Waals surface area contributed by atoms with Crippen molar-refractivity contribution in [3.63, 3.8) is 0 Å². The zero-order chi connectivity index (χ0) is 42.3. The van der Waals surface area contributed by atoms with Crippen molar-refractivity contribution in [2.24, 2.45) is 0 Å². The van der Waals surface area contributed by atoms with Crippen molar-refractivity contribution in [1.82, 2.24) is 44.4 Å². The van der Waals surface area contributed by atoms with Crippen LogP contribution in [-0.2, 0) is 0 Å². The second-order valence-corrected chi connectivity index (χ2v) is 15.3. The van der Waals surface area contributed by atoms with Crippen molar-refractivity contribution in [3.05, 3.63) is 200 Å². The third-order valence-corrected chi connectivity index (χ3v) is 11.1. The molecule has 4 heterocycles. The Morgan fingerprint density at radius 1 is 0.302 bits per heavy atom. The summed E-state index contributed by atoms with van der Waals surface area (Å²) in [5, 5.41) is 2.19. The van der Waals surface area contributed by atoms with Crippen molar-refractivity contribution in [3.8, 4) is 85.1 Å². The molecule has 0 radical (unpaired) electrons. The Bertz CT molecular complexity index is 3330. The van der Waals surface area contributed by atoms with Gasteiger partial charge in [-0.3, -0.25) is 0 Å². The van der Waals surface area contributed by atoms with Crippen LogP contribution in [0.5, 0.6) is 0 Å². The van der Waals surface area contributed by atoms with E-state index in [9.17, 15) is 0 Å². The van der Waals surface area contributed by atoms with Gasteiger partial charge in [-0.15, -0.1) is 0 Å². The normalized spacial score (nSPS) is 11.3. The maximum absolute atomic E-state index is 5.28. The first-order valence-electron chi connectivity index (χ1n) is 20.8. The van der Waals surface area contributed by atoms with Gasteiger partial charge in [0.2, 0.25) is 0 Å². The fraction of sp³-hybridized carbons (Fsp3) is 0.0370. The quantitative estimate of drug-likeness (QED) is 0.149. The monoisotopic (exact) mass is 811 g/mol. The van der Waals surface area contributed by atoms with Crippen molar-refractivity contribution in [2.75, 3.05) is 0 Å². The van der Waals surface area contributed by atoms with E-state index in [1.807, 2.05) is 111 Å². The van der Waals surface area contributed by atoms with Gasteiger partial charge in [0.05, 0.1) is 28.1 Å². The van der Waals surface area contributed by atoms with Crippen molar-refractivity contribution in [1.29, 1.82) is 0 Å². The minimum Gasteiger partial charge on any atom is -0.308 e. The van der Waals surface area contributed by atoms with E-state index in [0.29, 0.717) is 40.8 Å². The van der Waals surface area contributed by atoms with Crippen LogP contribution in [0.3, 0.4) is 0 Å². The van der Waals surface area contributed by atoms with Gasteiger partial charge in [-0.2, -0.15) is 0 Å². The molecule has 0 aliphatic carbocycles. The Morgan fingerprint density at radius 2 is 0.746 bits per heavy atom. The Balaban J connectivity index is 1.21. The summed E-state index contributed by atoms with van der Waals surface area (Å²) in [5.41, 5.74) is 10.7. The maximum Gasteiger partial charge on any atom is 0.166 e. The molecule has 11 aromatic rings. The molecule has 0 amide bonds. The van der Waals surface area contributed by atoms with Gasteiger partial charge in [-0.1, -0.05) is 152 Å². The molecule has 4 aromatic heterocycles. The van der Waals surface area contributed by atoms with Crippen LogP contribution >= 0.6 is 0 Å². The summed E-state index contributed by atoms with van der Waals surface area (Å²) in [6.45, 7) is 3.79. The van der Waals surface area contributed by atoms with E-state index < -0.39 is 0 Å². The Hall–Kier alpha value is -8.56. The first-order valence-corrected chi connectivity index (χ1v) is 20.8. The first-order chi connectivity index (χ1) is 31.0. The fourth-order valence-electron chi connectivity index (χ4n) is 8.18. The Morgan fingerprint density at radius 3 is 1.33 bits per heavy atom. The van der Waals surface area contributed by atoms with Gasteiger partial charge in [0.15, 0.2) is 29.1 Å². The second-order valence-electron chi connectivity index (χ2n) is 15.3. The highest BCUT2D eigenvalue weighted by Crippen LogP contribution is 2.39. The number of fused-ring (bicyclic) bond motifs is 3. The van der Waals surface area contributed by atoms with E-state index in [2.05, 4.69) is 101 Å². The van der Waals surface area contributed by atoms with E-state index in [4.69, 9.17) is 34.9 Å². The summed E-state index contributed by atoms with van der Waals surface area (Å²) >= 11 is 0. The third kappa shape index (κ3) is 7.17. The Kier molecular flexibility index (Phi) is 9.39. The molecule has 7 aromatic carbocycles. The van der Waals surface area contributed by atoms with Crippen LogP contribution < -0.4 is 0 Å². The molecule has 0 fully saturated rings. The molecule has 9 nitrogen and oxygen atoms in total. The predicted octanol–water partition coefficient (Wildman–Crippen LogP) is 12.2. The summed E-state index contributed by atoms with van der Waals surface area (Å²) < 4.78 is 2.29. The van der Waals surface area contributed by atoms with E-state index in [1.54, 1.807) is 0 Å². The molecule has 0 saturated carbocycles. The summed E-state index contributed by atoms with van der Waals surface area (Å²) in [5.74, 6) is 4.17. The number of aromatic nitrogens is 9. The fourth-order valence-corrected chi connectivity index (χ4v) is 8.18. The number of aryl methyl sites for hydroxylation is 2. The highest BCUT2D eigenvalue weighted by Gasteiger charge is 2.22. The summed E-state index contributed by atoms with van der Waals surface area (Å²) in [4.78, 5) is 40.0. The van der Waals surface area contributed by atoms with Crippen LogP contribution in [0.4, 0.5) is 0 Å². The van der Waals surface area contributed by atoms with Gasteiger partial charge in [0, 0.05) is 49.7 Å².